The number of amides is 1. The van der Waals surface area contributed by atoms with E-state index in [9.17, 15) is 13.2 Å². The molecule has 0 unspecified atom stereocenters. The van der Waals surface area contributed by atoms with Crippen LogP contribution in [0, 0.1) is 5.92 Å². The van der Waals surface area contributed by atoms with Gasteiger partial charge < -0.3 is 15.0 Å². The first-order valence-corrected chi connectivity index (χ1v) is 12.2. The van der Waals surface area contributed by atoms with E-state index in [0.29, 0.717) is 17.3 Å². The molecule has 1 saturated heterocycles. The van der Waals surface area contributed by atoms with Crippen molar-refractivity contribution in [3.63, 3.8) is 0 Å². The van der Waals surface area contributed by atoms with Gasteiger partial charge in [0.25, 0.3) is 0 Å². The van der Waals surface area contributed by atoms with Crippen molar-refractivity contribution in [1.82, 2.24) is 10.2 Å². The standard InChI is InChI=1S/C20H32ClN3O4S/c1-15-8-12-23(13-9-15)11-5-10-22-20(25)16(2)24(29(4,26)27)18-14-17(21)6-7-19(18)28-3/h6-7,14-16H,5,8-13H2,1-4H3,(H,22,25)/t16-/m1/s1. The number of halogens is 1. The lowest BCUT2D eigenvalue weighted by Crippen LogP contribution is -2.48. The number of rotatable bonds is 9. The lowest BCUT2D eigenvalue weighted by molar-refractivity contribution is -0.121. The molecule has 1 amide bonds. The fourth-order valence-electron chi connectivity index (χ4n) is 3.56. The zero-order valence-electron chi connectivity index (χ0n) is 17.7. The maximum Gasteiger partial charge on any atom is 0.243 e. The molecule has 1 aromatic rings. The zero-order valence-corrected chi connectivity index (χ0v) is 19.2. The first-order valence-electron chi connectivity index (χ1n) is 9.96. The molecule has 2 rings (SSSR count). The number of methoxy groups -OCH3 is 1. The fourth-order valence-corrected chi connectivity index (χ4v) is 4.90. The summed E-state index contributed by atoms with van der Waals surface area (Å²) in [5, 5.41) is 3.22. The van der Waals surface area contributed by atoms with E-state index in [1.54, 1.807) is 19.1 Å². The van der Waals surface area contributed by atoms with Gasteiger partial charge in [-0.2, -0.15) is 0 Å². The van der Waals surface area contributed by atoms with Crippen LogP contribution in [-0.4, -0.2) is 64.8 Å². The van der Waals surface area contributed by atoms with Crippen LogP contribution in [0.4, 0.5) is 5.69 Å². The number of nitrogens with zero attached hydrogens (tertiary/aromatic N) is 2. The first kappa shape index (κ1) is 23.8. The van der Waals surface area contributed by atoms with Crippen molar-refractivity contribution in [2.24, 2.45) is 5.92 Å². The van der Waals surface area contributed by atoms with Gasteiger partial charge >= 0.3 is 0 Å². The van der Waals surface area contributed by atoms with E-state index >= 15 is 0 Å². The molecular formula is C20H32ClN3O4S. The van der Waals surface area contributed by atoms with Gasteiger partial charge in [0.05, 0.1) is 19.1 Å². The summed E-state index contributed by atoms with van der Waals surface area (Å²) >= 11 is 6.06. The highest BCUT2D eigenvalue weighted by Gasteiger charge is 2.31. The molecule has 0 radical (unpaired) electrons. The average molecular weight is 446 g/mol. The molecule has 1 aliphatic rings. The van der Waals surface area contributed by atoms with Crippen LogP contribution < -0.4 is 14.4 Å². The number of carbonyl (C=O) groups excluding carboxylic acids is 1. The highest BCUT2D eigenvalue weighted by atomic mass is 35.5. The Balaban J connectivity index is 2.00. The minimum absolute atomic E-state index is 0.243. The van der Waals surface area contributed by atoms with Crippen LogP contribution in [0.3, 0.4) is 0 Å². The van der Waals surface area contributed by atoms with Crippen molar-refractivity contribution in [1.29, 1.82) is 0 Å². The van der Waals surface area contributed by atoms with E-state index in [2.05, 4.69) is 17.1 Å². The molecule has 0 spiro atoms. The van der Waals surface area contributed by atoms with E-state index in [1.807, 2.05) is 0 Å². The smallest absolute Gasteiger partial charge is 0.243 e. The molecule has 1 heterocycles. The van der Waals surface area contributed by atoms with E-state index < -0.39 is 16.1 Å². The molecular weight excluding hydrogens is 414 g/mol. The quantitative estimate of drug-likeness (QED) is 0.591. The molecule has 1 N–H and O–H groups in total. The van der Waals surface area contributed by atoms with Crippen molar-refractivity contribution in [2.75, 3.05) is 43.8 Å². The fraction of sp³-hybridized carbons (Fsp3) is 0.650. The highest BCUT2D eigenvalue weighted by molar-refractivity contribution is 7.92. The summed E-state index contributed by atoms with van der Waals surface area (Å²) in [6.45, 7) is 7.47. The lowest BCUT2D eigenvalue weighted by atomic mass is 9.99. The predicted molar refractivity (Wildman–Crippen MR) is 117 cm³/mol. The maximum absolute atomic E-state index is 12.7. The number of benzene rings is 1. The van der Waals surface area contributed by atoms with E-state index in [1.165, 1.54) is 26.0 Å². The molecule has 0 bridgehead atoms. The second kappa shape index (κ2) is 10.5. The molecule has 1 atom stereocenters. The van der Waals surface area contributed by atoms with Crippen LogP contribution in [0.1, 0.15) is 33.1 Å². The number of piperidine rings is 1. The van der Waals surface area contributed by atoms with E-state index in [0.717, 1.165) is 42.5 Å². The number of sulfonamides is 1. The van der Waals surface area contributed by atoms with Gasteiger partial charge in [0, 0.05) is 11.6 Å². The van der Waals surface area contributed by atoms with Gasteiger partial charge in [-0.3, -0.25) is 9.10 Å². The molecule has 0 saturated carbocycles. The van der Waals surface area contributed by atoms with Crippen molar-refractivity contribution in [2.45, 2.75) is 39.2 Å². The van der Waals surface area contributed by atoms with Crippen molar-refractivity contribution in [3.8, 4) is 5.75 Å². The Kier molecular flexibility index (Phi) is 8.60. The largest absolute Gasteiger partial charge is 0.495 e. The minimum Gasteiger partial charge on any atom is -0.495 e. The number of carbonyl (C=O) groups is 1. The third-order valence-corrected chi connectivity index (χ3v) is 6.76. The summed E-state index contributed by atoms with van der Waals surface area (Å²) in [4.78, 5) is 15.1. The molecule has 0 aromatic heterocycles. The van der Waals surface area contributed by atoms with Crippen LogP contribution >= 0.6 is 11.6 Å². The van der Waals surface area contributed by atoms with E-state index in [4.69, 9.17) is 16.3 Å². The van der Waals surface area contributed by atoms with E-state index in [-0.39, 0.29) is 11.6 Å². The summed E-state index contributed by atoms with van der Waals surface area (Å²) in [5.41, 5.74) is 0.243. The Morgan fingerprint density at radius 3 is 2.62 bits per heavy atom. The monoisotopic (exact) mass is 445 g/mol. The first-order chi connectivity index (χ1) is 13.6. The van der Waals surface area contributed by atoms with Crippen molar-refractivity contribution >= 4 is 33.2 Å². The third-order valence-electron chi connectivity index (χ3n) is 5.29. The summed E-state index contributed by atoms with van der Waals surface area (Å²) < 4.78 is 31.3. The van der Waals surface area contributed by atoms with Gasteiger partial charge in [0.2, 0.25) is 15.9 Å². The molecule has 9 heteroatoms. The second-order valence-corrected chi connectivity index (χ2v) is 10.0. The molecule has 1 fully saturated rings. The molecule has 7 nitrogen and oxygen atoms in total. The molecule has 29 heavy (non-hydrogen) atoms. The minimum atomic E-state index is -3.74. The number of anilines is 1. The third kappa shape index (κ3) is 6.76. The Morgan fingerprint density at radius 1 is 1.38 bits per heavy atom. The number of nitrogens with one attached hydrogen (secondary N) is 1. The van der Waals surface area contributed by atoms with Gasteiger partial charge in [0.15, 0.2) is 0 Å². The summed E-state index contributed by atoms with van der Waals surface area (Å²) in [6.07, 6.45) is 4.32. The average Bonchev–Trinajstić information content (AvgIpc) is 2.65. The van der Waals surface area contributed by atoms with Gasteiger partial charge in [-0.25, -0.2) is 8.42 Å². The number of likely N-dealkylation sites (tertiary alicyclic amines) is 1. The van der Waals surface area contributed by atoms with Gasteiger partial charge in [-0.05, 0) is 69.9 Å². The predicted octanol–water partition coefficient (Wildman–Crippen LogP) is 2.74. The Morgan fingerprint density at radius 2 is 2.03 bits per heavy atom. The zero-order chi connectivity index (χ0) is 21.6. The van der Waals surface area contributed by atoms with Gasteiger partial charge in [0.1, 0.15) is 11.8 Å². The summed E-state index contributed by atoms with van der Waals surface area (Å²) in [6, 6.07) is 3.74. The molecule has 164 valence electrons. The lowest BCUT2D eigenvalue weighted by Gasteiger charge is -2.31. The van der Waals surface area contributed by atoms with Crippen molar-refractivity contribution < 1.29 is 17.9 Å². The van der Waals surface area contributed by atoms with Crippen LogP contribution in [-0.2, 0) is 14.8 Å². The summed E-state index contributed by atoms with van der Waals surface area (Å²) in [5.74, 6) is 0.765. The normalized spacial score (nSPS) is 17.0. The van der Waals surface area contributed by atoms with Crippen LogP contribution in [0.15, 0.2) is 18.2 Å². The van der Waals surface area contributed by atoms with Crippen LogP contribution in [0.2, 0.25) is 5.02 Å². The second-order valence-electron chi connectivity index (χ2n) is 7.72. The molecule has 0 aliphatic carbocycles. The SMILES string of the molecule is COc1ccc(Cl)cc1N([C@H](C)C(=O)NCCCN1CCC(C)CC1)S(C)(=O)=O. The van der Waals surface area contributed by atoms with Crippen LogP contribution in [0.25, 0.3) is 0 Å². The number of hydrogen-bond acceptors (Lipinski definition) is 5. The Hall–Kier alpha value is -1.51. The highest BCUT2D eigenvalue weighted by Crippen LogP contribution is 2.34. The summed E-state index contributed by atoms with van der Waals surface area (Å²) in [7, 11) is -2.30. The number of hydrogen-bond donors (Lipinski definition) is 1. The van der Waals surface area contributed by atoms with Crippen LogP contribution in [0.5, 0.6) is 5.75 Å². The molecule has 1 aromatic carbocycles. The topological polar surface area (TPSA) is 79.0 Å². The van der Waals surface area contributed by atoms with Crippen molar-refractivity contribution in [3.05, 3.63) is 23.2 Å². The maximum atomic E-state index is 12.7. The molecule has 1 aliphatic heterocycles. The number of ether oxygens (including phenoxy) is 1. The Labute approximate surface area is 179 Å². The van der Waals surface area contributed by atoms with Gasteiger partial charge in [-0.1, -0.05) is 18.5 Å². The van der Waals surface area contributed by atoms with Gasteiger partial charge in [-0.15, -0.1) is 0 Å². The Bertz CT molecular complexity index is 795.